The normalized spacial score (nSPS) is 12.4. The number of carbonyl (C=O) groups excluding carboxylic acids is 1. The quantitative estimate of drug-likeness (QED) is 0.679. The molecule has 27 heavy (non-hydrogen) atoms. The summed E-state index contributed by atoms with van der Waals surface area (Å²) in [6.45, 7) is 1.69. The number of hydrogen-bond acceptors (Lipinski definition) is 4. The molecule has 0 saturated carbocycles. The van der Waals surface area contributed by atoms with E-state index < -0.39 is 26.8 Å². The first kappa shape index (κ1) is 18.6. The molecule has 0 aliphatic carbocycles. The largest absolute Gasteiger partial charge is 0.324 e. The fourth-order valence-electron chi connectivity index (χ4n) is 2.41. The molecule has 0 spiro atoms. The molecule has 1 aromatic heterocycles. The van der Waals surface area contributed by atoms with E-state index in [-0.39, 0.29) is 11.6 Å². The van der Waals surface area contributed by atoms with Crippen LogP contribution < -0.4 is 10.0 Å². The van der Waals surface area contributed by atoms with Crippen molar-refractivity contribution in [2.24, 2.45) is 0 Å². The molecule has 0 unspecified atom stereocenters. The van der Waals surface area contributed by atoms with Crippen molar-refractivity contribution in [3.8, 4) is 0 Å². The molecule has 2 N–H and O–H groups in total. The fraction of sp³-hybridized carbons (Fsp3) is 0.111. The lowest BCUT2D eigenvalue weighted by Gasteiger charge is -2.14. The molecule has 0 bridgehead atoms. The number of benzene rings is 2. The van der Waals surface area contributed by atoms with Crippen molar-refractivity contribution in [1.29, 1.82) is 0 Å². The van der Waals surface area contributed by atoms with Gasteiger partial charge in [-0.1, -0.05) is 18.2 Å². The highest BCUT2D eigenvalue weighted by molar-refractivity contribution is 7.92. The third-order valence-electron chi connectivity index (χ3n) is 3.81. The Hall–Kier alpha value is -3.20. The maximum Gasteiger partial charge on any atom is 0.264 e. The molecule has 0 aliphatic rings. The van der Waals surface area contributed by atoms with E-state index >= 15 is 0 Å². The molecule has 2 aromatic carbocycles. The summed E-state index contributed by atoms with van der Waals surface area (Å²) in [5, 5.41) is 6.71. The summed E-state index contributed by atoms with van der Waals surface area (Å²) in [7, 11) is -4.09. The summed E-state index contributed by atoms with van der Waals surface area (Å²) in [6.07, 6.45) is 3.24. The van der Waals surface area contributed by atoms with Crippen molar-refractivity contribution in [2.45, 2.75) is 17.9 Å². The number of nitrogens with one attached hydrogen (secondary N) is 2. The Morgan fingerprint density at radius 3 is 2.56 bits per heavy atom. The van der Waals surface area contributed by atoms with Gasteiger partial charge in [-0.05, 0) is 43.3 Å². The van der Waals surface area contributed by atoms with Crippen molar-refractivity contribution < 1.29 is 17.6 Å². The predicted molar refractivity (Wildman–Crippen MR) is 99.2 cm³/mol. The minimum atomic E-state index is -4.09. The molecule has 7 nitrogen and oxygen atoms in total. The minimum Gasteiger partial charge on any atom is -0.324 e. The van der Waals surface area contributed by atoms with E-state index in [0.717, 1.165) is 6.07 Å². The molecule has 1 heterocycles. The lowest BCUT2D eigenvalue weighted by Crippen LogP contribution is -2.24. The van der Waals surface area contributed by atoms with Crippen LogP contribution in [0, 0.1) is 5.82 Å². The van der Waals surface area contributed by atoms with Crippen LogP contribution in [0.1, 0.15) is 13.0 Å². The maximum absolute atomic E-state index is 13.8. The van der Waals surface area contributed by atoms with Gasteiger partial charge in [0.15, 0.2) is 0 Å². The molecule has 140 valence electrons. The van der Waals surface area contributed by atoms with Crippen molar-refractivity contribution >= 4 is 27.3 Å². The number of sulfonamides is 1. The topological polar surface area (TPSA) is 93.1 Å². The van der Waals surface area contributed by atoms with Crippen LogP contribution in [0.4, 0.5) is 15.8 Å². The number of carbonyl (C=O) groups is 1. The van der Waals surface area contributed by atoms with Gasteiger partial charge in [0.2, 0.25) is 5.91 Å². The Balaban J connectivity index is 1.76. The summed E-state index contributed by atoms with van der Waals surface area (Å²) in [5.74, 6) is -1.16. The number of hydrogen-bond donors (Lipinski definition) is 2. The number of rotatable bonds is 6. The van der Waals surface area contributed by atoms with Gasteiger partial charge in [0.05, 0.1) is 5.69 Å². The van der Waals surface area contributed by atoms with Crippen molar-refractivity contribution in [3.05, 3.63) is 72.8 Å². The van der Waals surface area contributed by atoms with Crippen LogP contribution in [0.25, 0.3) is 0 Å². The van der Waals surface area contributed by atoms with Gasteiger partial charge in [-0.3, -0.25) is 14.2 Å². The van der Waals surface area contributed by atoms with Crippen LogP contribution in [-0.4, -0.2) is 24.1 Å². The highest BCUT2D eigenvalue weighted by atomic mass is 32.2. The van der Waals surface area contributed by atoms with Crippen LogP contribution in [0.2, 0.25) is 0 Å². The van der Waals surface area contributed by atoms with Crippen molar-refractivity contribution in [3.63, 3.8) is 0 Å². The van der Waals surface area contributed by atoms with E-state index in [4.69, 9.17) is 0 Å². The molecule has 3 aromatic rings. The number of anilines is 2. The molecule has 3 rings (SSSR count). The molecular weight excluding hydrogens is 371 g/mol. The summed E-state index contributed by atoms with van der Waals surface area (Å²) >= 11 is 0. The van der Waals surface area contributed by atoms with Gasteiger partial charge in [0.25, 0.3) is 10.0 Å². The Morgan fingerprint density at radius 1 is 1.11 bits per heavy atom. The van der Waals surface area contributed by atoms with Crippen LogP contribution in [-0.2, 0) is 14.8 Å². The van der Waals surface area contributed by atoms with Crippen molar-refractivity contribution in [1.82, 2.24) is 9.78 Å². The Morgan fingerprint density at radius 2 is 1.85 bits per heavy atom. The van der Waals surface area contributed by atoms with Crippen LogP contribution >= 0.6 is 0 Å². The second-order valence-electron chi connectivity index (χ2n) is 5.77. The predicted octanol–water partition coefficient (Wildman–Crippen LogP) is 3.02. The van der Waals surface area contributed by atoms with E-state index in [0.29, 0.717) is 5.69 Å². The summed E-state index contributed by atoms with van der Waals surface area (Å²) < 4.78 is 42.3. The van der Waals surface area contributed by atoms with E-state index in [1.54, 1.807) is 37.5 Å². The second kappa shape index (κ2) is 7.58. The van der Waals surface area contributed by atoms with E-state index in [1.807, 2.05) is 0 Å². The summed E-state index contributed by atoms with van der Waals surface area (Å²) in [4.78, 5) is 11.9. The first-order valence-electron chi connectivity index (χ1n) is 8.04. The summed E-state index contributed by atoms with van der Waals surface area (Å²) in [5.41, 5.74) is 0.593. The SMILES string of the molecule is C[C@H](C(=O)Nc1cccc(NS(=O)(=O)c2ccccc2F)c1)n1cccn1. The zero-order valence-corrected chi connectivity index (χ0v) is 15.2. The van der Waals surface area contributed by atoms with Gasteiger partial charge >= 0.3 is 0 Å². The van der Waals surface area contributed by atoms with Gasteiger partial charge in [0.1, 0.15) is 16.8 Å². The third kappa shape index (κ3) is 4.32. The molecule has 0 aliphatic heterocycles. The first-order chi connectivity index (χ1) is 12.9. The Labute approximate surface area is 155 Å². The van der Waals surface area contributed by atoms with E-state index in [2.05, 4.69) is 15.1 Å². The zero-order valence-electron chi connectivity index (χ0n) is 14.3. The van der Waals surface area contributed by atoms with Gasteiger partial charge in [0, 0.05) is 18.1 Å². The Kier molecular flexibility index (Phi) is 5.22. The number of nitrogens with zero attached hydrogens (tertiary/aromatic N) is 2. The van der Waals surface area contributed by atoms with Gasteiger partial charge in [-0.15, -0.1) is 0 Å². The lowest BCUT2D eigenvalue weighted by molar-refractivity contribution is -0.119. The maximum atomic E-state index is 13.8. The standard InChI is InChI=1S/C18H17FN4O3S/c1-13(23-11-5-10-20-23)18(24)21-14-6-4-7-15(12-14)22-27(25,26)17-9-3-2-8-16(17)19/h2-13,22H,1H3,(H,21,24)/t13-/m1/s1. The smallest absolute Gasteiger partial charge is 0.264 e. The fourth-order valence-corrected chi connectivity index (χ4v) is 3.54. The van der Waals surface area contributed by atoms with Crippen LogP contribution in [0.15, 0.2) is 71.9 Å². The third-order valence-corrected chi connectivity index (χ3v) is 5.22. The number of aromatic nitrogens is 2. The molecule has 0 saturated heterocycles. The molecule has 0 fully saturated rings. The van der Waals surface area contributed by atoms with Crippen molar-refractivity contribution in [2.75, 3.05) is 10.0 Å². The molecule has 9 heteroatoms. The molecule has 0 radical (unpaired) electrons. The monoisotopic (exact) mass is 388 g/mol. The average molecular weight is 388 g/mol. The zero-order chi connectivity index (χ0) is 19.4. The van der Waals surface area contributed by atoms with E-state index in [1.165, 1.54) is 35.0 Å². The van der Waals surface area contributed by atoms with Gasteiger partial charge in [-0.2, -0.15) is 5.10 Å². The van der Waals surface area contributed by atoms with Crippen LogP contribution in [0.3, 0.4) is 0 Å². The van der Waals surface area contributed by atoms with Gasteiger partial charge < -0.3 is 5.32 Å². The molecular formula is C18H17FN4O3S. The number of halogens is 1. The van der Waals surface area contributed by atoms with Gasteiger partial charge in [-0.25, -0.2) is 12.8 Å². The average Bonchev–Trinajstić information content (AvgIpc) is 3.15. The lowest BCUT2D eigenvalue weighted by atomic mass is 10.2. The minimum absolute atomic E-state index is 0.197. The summed E-state index contributed by atoms with van der Waals surface area (Å²) in [6, 6.07) is 12.4. The molecule has 1 amide bonds. The molecule has 1 atom stereocenters. The highest BCUT2D eigenvalue weighted by Crippen LogP contribution is 2.21. The Bertz CT molecular complexity index is 1050. The number of amides is 1. The second-order valence-corrected chi connectivity index (χ2v) is 7.42. The van der Waals surface area contributed by atoms with E-state index in [9.17, 15) is 17.6 Å². The first-order valence-corrected chi connectivity index (χ1v) is 9.52. The highest BCUT2D eigenvalue weighted by Gasteiger charge is 2.19. The van der Waals surface area contributed by atoms with Crippen LogP contribution in [0.5, 0.6) is 0 Å².